The molecule has 0 fully saturated rings. The van der Waals surface area contributed by atoms with Gasteiger partial charge < -0.3 is 10.5 Å². The first kappa shape index (κ1) is 9.45. The van der Waals surface area contributed by atoms with Crippen LogP contribution >= 0.6 is 0 Å². The standard InChI is InChI=1S/C11H11N3O/c12-10-6-13-8-14-11(10)15-7-9-4-2-1-3-5-9/h1-6,8H,7,12H2. The summed E-state index contributed by atoms with van der Waals surface area (Å²) in [4.78, 5) is 7.72. The lowest BCUT2D eigenvalue weighted by atomic mass is 10.2. The average Bonchev–Trinajstić information content (AvgIpc) is 2.29. The van der Waals surface area contributed by atoms with Crippen LogP contribution in [0.5, 0.6) is 5.88 Å². The van der Waals surface area contributed by atoms with Gasteiger partial charge in [0.25, 0.3) is 0 Å². The van der Waals surface area contributed by atoms with Crippen LogP contribution in [0.25, 0.3) is 0 Å². The summed E-state index contributed by atoms with van der Waals surface area (Å²) in [7, 11) is 0. The van der Waals surface area contributed by atoms with E-state index in [0.717, 1.165) is 5.56 Å². The summed E-state index contributed by atoms with van der Waals surface area (Å²) < 4.78 is 5.45. The molecule has 0 saturated carbocycles. The van der Waals surface area contributed by atoms with Crippen LogP contribution in [0.4, 0.5) is 5.69 Å². The molecule has 0 aliphatic heterocycles. The molecule has 76 valence electrons. The van der Waals surface area contributed by atoms with Gasteiger partial charge in [-0.2, -0.15) is 4.98 Å². The van der Waals surface area contributed by atoms with E-state index in [2.05, 4.69) is 9.97 Å². The number of hydrogen-bond donors (Lipinski definition) is 1. The number of nitrogen functional groups attached to an aromatic ring is 1. The summed E-state index contributed by atoms with van der Waals surface area (Å²) in [6, 6.07) is 9.85. The van der Waals surface area contributed by atoms with Gasteiger partial charge in [0, 0.05) is 0 Å². The molecule has 1 heterocycles. The highest BCUT2D eigenvalue weighted by Crippen LogP contribution is 2.16. The van der Waals surface area contributed by atoms with E-state index in [1.807, 2.05) is 30.3 Å². The third-order valence-corrected chi connectivity index (χ3v) is 1.92. The second kappa shape index (κ2) is 4.41. The molecule has 15 heavy (non-hydrogen) atoms. The molecule has 0 atom stereocenters. The summed E-state index contributed by atoms with van der Waals surface area (Å²) in [5, 5.41) is 0. The van der Waals surface area contributed by atoms with Gasteiger partial charge in [-0.15, -0.1) is 0 Å². The van der Waals surface area contributed by atoms with Gasteiger partial charge in [-0.1, -0.05) is 30.3 Å². The fraction of sp³-hybridized carbons (Fsp3) is 0.0909. The summed E-state index contributed by atoms with van der Waals surface area (Å²) >= 11 is 0. The molecule has 2 aromatic rings. The topological polar surface area (TPSA) is 61.0 Å². The van der Waals surface area contributed by atoms with Gasteiger partial charge in [-0.25, -0.2) is 4.98 Å². The largest absolute Gasteiger partial charge is 0.471 e. The summed E-state index contributed by atoms with van der Waals surface area (Å²) in [6.07, 6.45) is 2.93. The van der Waals surface area contributed by atoms with Crippen LogP contribution < -0.4 is 10.5 Å². The van der Waals surface area contributed by atoms with Gasteiger partial charge in [0.1, 0.15) is 18.6 Å². The third kappa shape index (κ3) is 2.43. The molecular weight excluding hydrogens is 190 g/mol. The van der Waals surface area contributed by atoms with Crippen molar-refractivity contribution in [3.05, 3.63) is 48.4 Å². The Balaban J connectivity index is 2.03. The molecule has 4 nitrogen and oxygen atoms in total. The maximum atomic E-state index is 5.63. The zero-order chi connectivity index (χ0) is 10.5. The quantitative estimate of drug-likeness (QED) is 0.820. The normalized spacial score (nSPS) is 9.87. The van der Waals surface area contributed by atoms with E-state index in [4.69, 9.17) is 10.5 Å². The van der Waals surface area contributed by atoms with Crippen molar-refractivity contribution in [3.63, 3.8) is 0 Å². The van der Waals surface area contributed by atoms with Crippen LogP contribution in [0.15, 0.2) is 42.9 Å². The summed E-state index contributed by atoms with van der Waals surface area (Å²) in [5.41, 5.74) is 7.17. The Morgan fingerprint density at radius 3 is 2.73 bits per heavy atom. The molecule has 0 aliphatic carbocycles. The van der Waals surface area contributed by atoms with E-state index in [0.29, 0.717) is 18.2 Å². The van der Waals surface area contributed by atoms with Crippen molar-refractivity contribution < 1.29 is 4.74 Å². The Bertz CT molecular complexity index is 431. The molecule has 4 heteroatoms. The van der Waals surface area contributed by atoms with Gasteiger partial charge in [-0.05, 0) is 5.56 Å². The number of nitrogens with zero attached hydrogens (tertiary/aromatic N) is 2. The highest BCUT2D eigenvalue weighted by atomic mass is 16.5. The van der Waals surface area contributed by atoms with E-state index in [1.54, 1.807) is 0 Å². The van der Waals surface area contributed by atoms with Gasteiger partial charge in [-0.3, -0.25) is 0 Å². The first-order valence-corrected chi connectivity index (χ1v) is 4.58. The Morgan fingerprint density at radius 1 is 1.20 bits per heavy atom. The molecular formula is C11H11N3O. The van der Waals surface area contributed by atoms with Gasteiger partial charge >= 0.3 is 0 Å². The van der Waals surface area contributed by atoms with E-state index in [-0.39, 0.29) is 0 Å². The minimum Gasteiger partial charge on any atom is -0.471 e. The van der Waals surface area contributed by atoms with Crippen molar-refractivity contribution in [2.24, 2.45) is 0 Å². The van der Waals surface area contributed by atoms with Crippen LogP contribution in [0, 0.1) is 0 Å². The summed E-state index contributed by atoms with van der Waals surface area (Å²) in [5.74, 6) is 0.425. The van der Waals surface area contributed by atoms with Crippen molar-refractivity contribution in [3.8, 4) is 5.88 Å². The monoisotopic (exact) mass is 201 g/mol. The first-order valence-electron chi connectivity index (χ1n) is 4.58. The predicted octanol–water partition coefficient (Wildman–Crippen LogP) is 1.64. The van der Waals surface area contributed by atoms with Crippen molar-refractivity contribution in [2.75, 3.05) is 5.73 Å². The molecule has 1 aromatic heterocycles. The lowest BCUT2D eigenvalue weighted by molar-refractivity contribution is 0.295. The minimum atomic E-state index is 0.425. The molecule has 0 unspecified atom stereocenters. The molecule has 0 spiro atoms. The van der Waals surface area contributed by atoms with Crippen molar-refractivity contribution in [1.82, 2.24) is 9.97 Å². The van der Waals surface area contributed by atoms with E-state index in [1.165, 1.54) is 12.5 Å². The molecule has 0 radical (unpaired) electrons. The lowest BCUT2D eigenvalue weighted by Gasteiger charge is -2.06. The second-order valence-corrected chi connectivity index (χ2v) is 3.06. The summed E-state index contributed by atoms with van der Waals surface area (Å²) in [6.45, 7) is 0.460. The Kier molecular flexibility index (Phi) is 2.78. The maximum Gasteiger partial charge on any atom is 0.240 e. The highest BCUT2D eigenvalue weighted by molar-refractivity contribution is 5.44. The second-order valence-electron chi connectivity index (χ2n) is 3.06. The molecule has 0 amide bonds. The fourth-order valence-electron chi connectivity index (χ4n) is 1.18. The fourth-order valence-corrected chi connectivity index (χ4v) is 1.18. The Morgan fingerprint density at radius 2 is 2.00 bits per heavy atom. The number of hydrogen-bond acceptors (Lipinski definition) is 4. The predicted molar refractivity (Wildman–Crippen MR) is 57.2 cm³/mol. The van der Waals surface area contributed by atoms with Crippen molar-refractivity contribution in [1.29, 1.82) is 0 Å². The number of benzene rings is 1. The van der Waals surface area contributed by atoms with Gasteiger partial charge in [0.05, 0.1) is 6.20 Å². The maximum absolute atomic E-state index is 5.63. The molecule has 0 saturated heterocycles. The average molecular weight is 201 g/mol. The Hall–Kier alpha value is -2.10. The lowest BCUT2D eigenvalue weighted by Crippen LogP contribution is -2.00. The zero-order valence-electron chi connectivity index (χ0n) is 8.13. The number of ether oxygens (including phenoxy) is 1. The van der Waals surface area contributed by atoms with E-state index >= 15 is 0 Å². The van der Waals surface area contributed by atoms with Crippen LogP contribution in [-0.2, 0) is 6.61 Å². The first-order chi connectivity index (χ1) is 7.36. The van der Waals surface area contributed by atoms with Crippen LogP contribution in [-0.4, -0.2) is 9.97 Å². The number of aromatic nitrogens is 2. The van der Waals surface area contributed by atoms with Crippen LogP contribution in [0.3, 0.4) is 0 Å². The third-order valence-electron chi connectivity index (χ3n) is 1.92. The van der Waals surface area contributed by atoms with Crippen molar-refractivity contribution in [2.45, 2.75) is 6.61 Å². The zero-order valence-corrected chi connectivity index (χ0v) is 8.13. The molecule has 2 N–H and O–H groups in total. The number of nitrogens with two attached hydrogens (primary N) is 1. The van der Waals surface area contributed by atoms with Gasteiger partial charge in [0.15, 0.2) is 0 Å². The van der Waals surface area contributed by atoms with E-state index < -0.39 is 0 Å². The minimum absolute atomic E-state index is 0.425. The highest BCUT2D eigenvalue weighted by Gasteiger charge is 2.00. The number of anilines is 1. The molecule has 0 aliphatic rings. The number of rotatable bonds is 3. The molecule has 2 rings (SSSR count). The Labute approximate surface area is 87.7 Å². The molecule has 1 aromatic carbocycles. The van der Waals surface area contributed by atoms with Crippen molar-refractivity contribution >= 4 is 5.69 Å². The van der Waals surface area contributed by atoms with Crippen LogP contribution in [0.2, 0.25) is 0 Å². The van der Waals surface area contributed by atoms with Crippen LogP contribution in [0.1, 0.15) is 5.56 Å². The van der Waals surface area contributed by atoms with Gasteiger partial charge in [0.2, 0.25) is 5.88 Å². The molecule has 0 bridgehead atoms. The smallest absolute Gasteiger partial charge is 0.240 e. The SMILES string of the molecule is Nc1cncnc1OCc1ccccc1. The van der Waals surface area contributed by atoms with E-state index in [9.17, 15) is 0 Å².